The topological polar surface area (TPSA) is 36.3 Å². The van der Waals surface area contributed by atoms with E-state index >= 15 is 0 Å². The minimum absolute atomic E-state index is 0.437. The Balaban J connectivity index is 1.24. The Kier molecular flexibility index (Phi) is 6.48. The van der Waals surface area contributed by atoms with Gasteiger partial charge in [-0.15, -0.1) is 0 Å². The van der Waals surface area contributed by atoms with E-state index in [1.54, 1.807) is 0 Å². The van der Waals surface area contributed by atoms with Gasteiger partial charge >= 0.3 is 0 Å². The third-order valence-electron chi connectivity index (χ3n) is 6.41. The van der Waals surface area contributed by atoms with Crippen LogP contribution in [0.1, 0.15) is 29.8 Å². The molecule has 34 heavy (non-hydrogen) atoms. The van der Waals surface area contributed by atoms with E-state index in [0.29, 0.717) is 13.2 Å². The average molecular weight is 451 g/mol. The number of para-hydroxylation sites is 2. The van der Waals surface area contributed by atoms with Crippen LogP contribution in [-0.4, -0.2) is 16.2 Å². The number of ether oxygens (including phenoxy) is 2. The van der Waals surface area contributed by atoms with E-state index in [0.717, 1.165) is 47.7 Å². The highest BCUT2D eigenvalue weighted by molar-refractivity contribution is 5.83. The number of aromatic nitrogens is 2. The van der Waals surface area contributed by atoms with Gasteiger partial charge in [0.05, 0.1) is 17.6 Å². The van der Waals surface area contributed by atoms with Crippen molar-refractivity contribution in [2.24, 2.45) is 0 Å². The van der Waals surface area contributed by atoms with Crippen LogP contribution in [0.25, 0.3) is 21.8 Å². The minimum atomic E-state index is 0.437. The number of unbranched alkanes of at least 4 members (excludes halogenated alkanes) is 1. The first kappa shape index (κ1) is 22.0. The molecule has 0 amide bonds. The largest absolute Gasteiger partial charge is 0.493 e. The Labute approximate surface area is 200 Å². The zero-order chi connectivity index (χ0) is 23.3. The number of rotatable bonds is 9. The Morgan fingerprint density at radius 1 is 0.765 bits per heavy atom. The lowest BCUT2D eigenvalue weighted by Crippen LogP contribution is -2.09. The molecule has 0 aliphatic carbocycles. The molecule has 0 saturated carbocycles. The van der Waals surface area contributed by atoms with Crippen LogP contribution >= 0.6 is 0 Å². The number of aryl methyl sites for hydroxylation is 2. The summed E-state index contributed by atoms with van der Waals surface area (Å²) >= 11 is 0. The zero-order valence-electron chi connectivity index (χ0n) is 19.8. The molecule has 5 aromatic rings. The summed E-state index contributed by atoms with van der Waals surface area (Å²) in [5.74, 6) is 2.79. The first-order valence-corrected chi connectivity index (χ1v) is 11.9. The quantitative estimate of drug-likeness (QED) is 0.222. The van der Waals surface area contributed by atoms with Crippen LogP contribution in [0.3, 0.4) is 0 Å². The molecule has 172 valence electrons. The van der Waals surface area contributed by atoms with Crippen LogP contribution in [-0.2, 0) is 13.2 Å². The van der Waals surface area contributed by atoms with Gasteiger partial charge in [0.2, 0.25) is 0 Å². The van der Waals surface area contributed by atoms with Crippen molar-refractivity contribution in [2.75, 3.05) is 6.61 Å². The number of hydrogen-bond acceptors (Lipinski definition) is 3. The van der Waals surface area contributed by atoms with E-state index in [1.807, 2.05) is 18.2 Å². The number of benzene rings is 4. The van der Waals surface area contributed by atoms with Gasteiger partial charge in [-0.3, -0.25) is 0 Å². The molecule has 4 heteroatoms. The lowest BCUT2D eigenvalue weighted by Gasteiger charge is -2.13. The highest BCUT2D eigenvalue weighted by Gasteiger charge is 2.11. The van der Waals surface area contributed by atoms with Gasteiger partial charge < -0.3 is 14.0 Å². The third kappa shape index (κ3) is 4.76. The smallest absolute Gasteiger partial charge is 0.147 e. The van der Waals surface area contributed by atoms with Crippen molar-refractivity contribution in [3.05, 3.63) is 102 Å². The van der Waals surface area contributed by atoms with Gasteiger partial charge in [-0.25, -0.2) is 4.98 Å². The number of hydrogen-bond donors (Lipinski definition) is 0. The van der Waals surface area contributed by atoms with Crippen LogP contribution in [0, 0.1) is 13.8 Å². The molecular weight excluding hydrogens is 420 g/mol. The highest BCUT2D eigenvalue weighted by Crippen LogP contribution is 2.24. The lowest BCUT2D eigenvalue weighted by atomic mass is 10.1. The normalized spacial score (nSPS) is 11.2. The van der Waals surface area contributed by atoms with Crippen LogP contribution in [0.4, 0.5) is 0 Å². The van der Waals surface area contributed by atoms with Gasteiger partial charge in [0.1, 0.15) is 23.9 Å². The fourth-order valence-corrected chi connectivity index (χ4v) is 4.32. The van der Waals surface area contributed by atoms with E-state index < -0.39 is 0 Å². The standard InChI is InChI=1S/C30H30N2O2/c1-22-10-9-15-29(23(22)2)33-19-8-7-18-32-28-14-6-5-13-27(28)31-30(32)21-34-26-17-16-24-11-3-4-12-25(24)20-26/h3-6,9-17,20H,7-8,18-19,21H2,1-2H3. The fourth-order valence-electron chi connectivity index (χ4n) is 4.32. The molecule has 0 spiro atoms. The average Bonchev–Trinajstić information content (AvgIpc) is 3.22. The maximum Gasteiger partial charge on any atom is 0.147 e. The van der Waals surface area contributed by atoms with Crippen molar-refractivity contribution in [3.8, 4) is 11.5 Å². The SMILES string of the molecule is Cc1cccc(OCCCCn2c(COc3ccc4ccccc4c3)nc3ccccc32)c1C. The van der Waals surface area contributed by atoms with E-state index in [-0.39, 0.29) is 0 Å². The van der Waals surface area contributed by atoms with Gasteiger partial charge in [0, 0.05) is 6.54 Å². The maximum absolute atomic E-state index is 6.17. The summed E-state index contributed by atoms with van der Waals surface area (Å²) in [5.41, 5.74) is 4.64. The molecule has 4 nitrogen and oxygen atoms in total. The van der Waals surface area contributed by atoms with Crippen molar-refractivity contribution in [1.82, 2.24) is 9.55 Å². The number of fused-ring (bicyclic) bond motifs is 2. The fraction of sp³-hybridized carbons (Fsp3) is 0.233. The molecule has 0 aliphatic rings. The number of imidazole rings is 1. The minimum Gasteiger partial charge on any atom is -0.493 e. The zero-order valence-corrected chi connectivity index (χ0v) is 19.8. The van der Waals surface area contributed by atoms with Gasteiger partial charge in [0.15, 0.2) is 0 Å². The summed E-state index contributed by atoms with van der Waals surface area (Å²) in [6, 6.07) is 29.1. The summed E-state index contributed by atoms with van der Waals surface area (Å²) in [6.45, 7) is 6.26. The number of nitrogens with zero attached hydrogens (tertiary/aromatic N) is 2. The lowest BCUT2D eigenvalue weighted by molar-refractivity contribution is 0.285. The van der Waals surface area contributed by atoms with E-state index in [1.165, 1.54) is 21.9 Å². The van der Waals surface area contributed by atoms with Crippen LogP contribution in [0.2, 0.25) is 0 Å². The Hall–Kier alpha value is -3.79. The molecule has 4 aromatic carbocycles. The second-order valence-corrected chi connectivity index (χ2v) is 8.72. The molecule has 0 radical (unpaired) electrons. The monoisotopic (exact) mass is 450 g/mol. The summed E-state index contributed by atoms with van der Waals surface area (Å²) in [4.78, 5) is 4.86. The molecule has 0 aliphatic heterocycles. The van der Waals surface area contributed by atoms with Crippen molar-refractivity contribution < 1.29 is 9.47 Å². The van der Waals surface area contributed by atoms with Crippen LogP contribution in [0.5, 0.6) is 11.5 Å². The second-order valence-electron chi connectivity index (χ2n) is 8.72. The van der Waals surface area contributed by atoms with Crippen molar-refractivity contribution in [3.63, 3.8) is 0 Å². The van der Waals surface area contributed by atoms with E-state index in [2.05, 4.69) is 85.1 Å². The molecule has 5 rings (SSSR count). The molecule has 0 N–H and O–H groups in total. The first-order valence-electron chi connectivity index (χ1n) is 11.9. The van der Waals surface area contributed by atoms with Gasteiger partial charge in [-0.1, -0.05) is 54.6 Å². The summed E-state index contributed by atoms with van der Waals surface area (Å²) in [7, 11) is 0. The molecule has 0 saturated heterocycles. The van der Waals surface area contributed by atoms with Crippen molar-refractivity contribution in [2.45, 2.75) is 39.8 Å². The Morgan fingerprint density at radius 2 is 1.59 bits per heavy atom. The Morgan fingerprint density at radius 3 is 2.50 bits per heavy atom. The van der Waals surface area contributed by atoms with Crippen molar-refractivity contribution >= 4 is 21.8 Å². The Bertz CT molecular complexity index is 1420. The third-order valence-corrected chi connectivity index (χ3v) is 6.41. The first-order chi connectivity index (χ1) is 16.7. The molecule has 1 aromatic heterocycles. The van der Waals surface area contributed by atoms with Crippen LogP contribution in [0.15, 0.2) is 84.9 Å². The van der Waals surface area contributed by atoms with Crippen LogP contribution < -0.4 is 9.47 Å². The summed E-state index contributed by atoms with van der Waals surface area (Å²) < 4.78 is 14.5. The molecule has 0 unspecified atom stereocenters. The van der Waals surface area contributed by atoms with Gasteiger partial charge in [-0.05, 0) is 78.9 Å². The molecule has 1 heterocycles. The molecule has 0 atom stereocenters. The molecular formula is C30H30N2O2. The second kappa shape index (κ2) is 10.0. The predicted octanol–water partition coefficient (Wildman–Crippen LogP) is 7.24. The van der Waals surface area contributed by atoms with E-state index in [9.17, 15) is 0 Å². The highest BCUT2D eigenvalue weighted by atomic mass is 16.5. The summed E-state index contributed by atoms with van der Waals surface area (Å²) in [5, 5.41) is 2.39. The maximum atomic E-state index is 6.17. The molecule has 0 fully saturated rings. The predicted molar refractivity (Wildman–Crippen MR) is 139 cm³/mol. The summed E-state index contributed by atoms with van der Waals surface area (Å²) in [6.07, 6.45) is 1.99. The van der Waals surface area contributed by atoms with E-state index in [4.69, 9.17) is 14.5 Å². The van der Waals surface area contributed by atoms with Gasteiger partial charge in [-0.2, -0.15) is 0 Å². The van der Waals surface area contributed by atoms with Crippen molar-refractivity contribution in [1.29, 1.82) is 0 Å². The molecule has 0 bridgehead atoms. The van der Waals surface area contributed by atoms with Gasteiger partial charge in [0.25, 0.3) is 0 Å².